The molecule has 1 saturated heterocycles. The van der Waals surface area contributed by atoms with Gasteiger partial charge in [-0.05, 0) is 13.8 Å². The highest BCUT2D eigenvalue weighted by molar-refractivity contribution is 5.85. The first kappa shape index (κ1) is 15.6. The normalized spacial score (nSPS) is 20.7. The van der Waals surface area contributed by atoms with Crippen LogP contribution in [0.25, 0.3) is 0 Å². The van der Waals surface area contributed by atoms with Crippen molar-refractivity contribution in [2.24, 2.45) is 5.73 Å². The lowest BCUT2D eigenvalue weighted by molar-refractivity contribution is -0.122. The van der Waals surface area contributed by atoms with Crippen molar-refractivity contribution < 1.29 is 9.53 Å². The van der Waals surface area contributed by atoms with Crippen LogP contribution in [0.4, 0.5) is 0 Å². The zero-order valence-corrected chi connectivity index (χ0v) is 10.8. The lowest BCUT2D eigenvalue weighted by Gasteiger charge is -2.32. The van der Waals surface area contributed by atoms with E-state index in [4.69, 9.17) is 10.5 Å². The maximum Gasteiger partial charge on any atom is 0.236 e. The molecule has 1 fully saturated rings. The maximum absolute atomic E-state index is 11.3. The molecule has 16 heavy (non-hydrogen) atoms. The molecular formula is C10H22ClN3O2. The van der Waals surface area contributed by atoms with Gasteiger partial charge in [-0.3, -0.25) is 9.69 Å². The Morgan fingerprint density at radius 2 is 2.00 bits per heavy atom. The summed E-state index contributed by atoms with van der Waals surface area (Å²) in [6.07, 6.45) is 0. The van der Waals surface area contributed by atoms with Gasteiger partial charge < -0.3 is 15.8 Å². The van der Waals surface area contributed by atoms with Gasteiger partial charge in [0.15, 0.2) is 0 Å². The van der Waals surface area contributed by atoms with Crippen molar-refractivity contribution in [2.75, 3.05) is 32.8 Å². The molecule has 1 aliphatic rings. The number of carbonyl (C=O) groups is 1. The van der Waals surface area contributed by atoms with Gasteiger partial charge in [-0.1, -0.05) is 0 Å². The molecule has 0 radical (unpaired) electrons. The van der Waals surface area contributed by atoms with Gasteiger partial charge in [-0.2, -0.15) is 0 Å². The molecule has 0 aliphatic carbocycles. The Balaban J connectivity index is 0.00000225. The van der Waals surface area contributed by atoms with Crippen LogP contribution in [0, 0.1) is 0 Å². The molecule has 1 heterocycles. The van der Waals surface area contributed by atoms with Gasteiger partial charge in [0.05, 0.1) is 19.3 Å². The van der Waals surface area contributed by atoms with E-state index in [1.54, 1.807) is 6.92 Å². The summed E-state index contributed by atoms with van der Waals surface area (Å²) in [5, 5.41) is 2.83. The van der Waals surface area contributed by atoms with Gasteiger partial charge >= 0.3 is 0 Å². The molecule has 0 aromatic heterocycles. The molecule has 1 aliphatic heterocycles. The molecule has 0 saturated carbocycles. The van der Waals surface area contributed by atoms with Crippen molar-refractivity contribution in [1.29, 1.82) is 0 Å². The number of nitrogens with two attached hydrogens (primary N) is 1. The van der Waals surface area contributed by atoms with Gasteiger partial charge in [0.2, 0.25) is 5.91 Å². The van der Waals surface area contributed by atoms with Crippen LogP contribution < -0.4 is 11.1 Å². The molecule has 2 unspecified atom stereocenters. The van der Waals surface area contributed by atoms with Crippen molar-refractivity contribution in [3.05, 3.63) is 0 Å². The van der Waals surface area contributed by atoms with Crippen LogP contribution >= 0.6 is 12.4 Å². The summed E-state index contributed by atoms with van der Waals surface area (Å²) in [4.78, 5) is 13.6. The highest BCUT2D eigenvalue weighted by Gasteiger charge is 2.17. The smallest absolute Gasteiger partial charge is 0.236 e. The third-order valence-corrected chi connectivity index (χ3v) is 2.65. The van der Waals surface area contributed by atoms with Crippen LogP contribution in [-0.2, 0) is 9.53 Å². The van der Waals surface area contributed by atoms with Crippen LogP contribution in [0.15, 0.2) is 0 Å². The molecule has 0 aromatic carbocycles. The lowest BCUT2D eigenvalue weighted by Crippen LogP contribution is -2.49. The van der Waals surface area contributed by atoms with E-state index in [0.29, 0.717) is 12.6 Å². The summed E-state index contributed by atoms with van der Waals surface area (Å²) >= 11 is 0. The van der Waals surface area contributed by atoms with E-state index in [2.05, 4.69) is 17.1 Å². The molecule has 0 aromatic rings. The predicted octanol–water partition coefficient (Wildman–Crippen LogP) is -0.408. The molecule has 3 N–H and O–H groups in total. The molecule has 5 nitrogen and oxygen atoms in total. The first-order valence-corrected chi connectivity index (χ1v) is 5.46. The third kappa shape index (κ3) is 5.12. The van der Waals surface area contributed by atoms with E-state index < -0.39 is 6.04 Å². The van der Waals surface area contributed by atoms with Crippen LogP contribution in [0.2, 0.25) is 0 Å². The van der Waals surface area contributed by atoms with Gasteiger partial charge in [0, 0.05) is 25.7 Å². The minimum absolute atomic E-state index is 0. The number of nitrogens with one attached hydrogen (secondary N) is 1. The number of ether oxygens (including phenoxy) is 1. The van der Waals surface area contributed by atoms with E-state index in [-0.39, 0.29) is 18.3 Å². The molecular weight excluding hydrogens is 230 g/mol. The lowest BCUT2D eigenvalue weighted by atomic mass is 10.2. The second kappa shape index (κ2) is 7.84. The number of carbonyl (C=O) groups excluding carboxylic acids is 1. The quantitative estimate of drug-likeness (QED) is 0.713. The number of morpholine rings is 1. The fourth-order valence-electron chi connectivity index (χ4n) is 1.56. The minimum atomic E-state index is -0.429. The fraction of sp³-hybridized carbons (Fsp3) is 0.900. The van der Waals surface area contributed by atoms with Crippen LogP contribution in [0.1, 0.15) is 13.8 Å². The second-order valence-electron chi connectivity index (χ2n) is 4.03. The maximum atomic E-state index is 11.3. The second-order valence-corrected chi connectivity index (χ2v) is 4.03. The summed E-state index contributed by atoms with van der Waals surface area (Å²) < 4.78 is 5.26. The summed E-state index contributed by atoms with van der Waals surface area (Å²) in [5.74, 6) is -0.0879. The zero-order chi connectivity index (χ0) is 11.3. The Morgan fingerprint density at radius 1 is 1.44 bits per heavy atom. The Morgan fingerprint density at radius 3 is 2.50 bits per heavy atom. The fourth-order valence-corrected chi connectivity index (χ4v) is 1.56. The molecule has 0 spiro atoms. The van der Waals surface area contributed by atoms with E-state index >= 15 is 0 Å². The topological polar surface area (TPSA) is 67.6 Å². The Hall–Kier alpha value is -0.360. The van der Waals surface area contributed by atoms with E-state index in [9.17, 15) is 4.79 Å². The number of nitrogens with zero attached hydrogens (tertiary/aromatic N) is 1. The minimum Gasteiger partial charge on any atom is -0.379 e. The number of hydrogen-bond donors (Lipinski definition) is 2. The monoisotopic (exact) mass is 251 g/mol. The number of hydrogen-bond acceptors (Lipinski definition) is 4. The molecule has 1 rings (SSSR count). The average Bonchev–Trinajstić information content (AvgIpc) is 2.26. The SMILES string of the molecule is CC(N)C(=O)NCC(C)N1CCOCC1.Cl. The third-order valence-electron chi connectivity index (χ3n) is 2.65. The Kier molecular flexibility index (Phi) is 7.66. The zero-order valence-electron chi connectivity index (χ0n) is 9.94. The van der Waals surface area contributed by atoms with Gasteiger partial charge in [0.25, 0.3) is 0 Å². The standard InChI is InChI=1S/C10H21N3O2.ClH/c1-8(7-12-10(14)9(2)11)13-3-5-15-6-4-13;/h8-9H,3-7,11H2,1-2H3,(H,12,14);1H. The summed E-state index contributed by atoms with van der Waals surface area (Å²) in [6, 6.07) is -0.0847. The summed E-state index contributed by atoms with van der Waals surface area (Å²) in [5.41, 5.74) is 5.45. The van der Waals surface area contributed by atoms with E-state index in [1.165, 1.54) is 0 Å². The highest BCUT2D eigenvalue weighted by Crippen LogP contribution is 2.02. The van der Waals surface area contributed by atoms with Crippen molar-refractivity contribution >= 4 is 18.3 Å². The molecule has 96 valence electrons. The Labute approximate surface area is 103 Å². The largest absolute Gasteiger partial charge is 0.379 e. The van der Waals surface area contributed by atoms with E-state index in [0.717, 1.165) is 26.3 Å². The number of halogens is 1. The predicted molar refractivity (Wildman–Crippen MR) is 65.8 cm³/mol. The first-order valence-electron chi connectivity index (χ1n) is 5.46. The molecule has 1 amide bonds. The summed E-state index contributed by atoms with van der Waals surface area (Å²) in [6.45, 7) is 7.89. The van der Waals surface area contributed by atoms with Gasteiger partial charge in [-0.15, -0.1) is 12.4 Å². The van der Waals surface area contributed by atoms with Crippen molar-refractivity contribution in [3.63, 3.8) is 0 Å². The highest BCUT2D eigenvalue weighted by atomic mass is 35.5. The first-order chi connectivity index (χ1) is 7.11. The van der Waals surface area contributed by atoms with Crippen LogP contribution in [0.3, 0.4) is 0 Å². The van der Waals surface area contributed by atoms with Crippen molar-refractivity contribution in [2.45, 2.75) is 25.9 Å². The van der Waals surface area contributed by atoms with Crippen molar-refractivity contribution in [3.8, 4) is 0 Å². The van der Waals surface area contributed by atoms with Crippen LogP contribution in [0.5, 0.6) is 0 Å². The summed E-state index contributed by atoms with van der Waals surface area (Å²) in [7, 11) is 0. The number of amides is 1. The molecule has 2 atom stereocenters. The Bertz CT molecular complexity index is 208. The van der Waals surface area contributed by atoms with E-state index in [1.807, 2.05) is 0 Å². The van der Waals surface area contributed by atoms with Crippen LogP contribution in [-0.4, -0.2) is 55.7 Å². The number of rotatable bonds is 4. The average molecular weight is 252 g/mol. The van der Waals surface area contributed by atoms with Gasteiger partial charge in [0.1, 0.15) is 0 Å². The molecule has 6 heteroatoms. The van der Waals surface area contributed by atoms with Gasteiger partial charge in [-0.25, -0.2) is 0 Å². The molecule has 0 bridgehead atoms. The van der Waals surface area contributed by atoms with Crippen molar-refractivity contribution in [1.82, 2.24) is 10.2 Å².